The molecular formula is C22H23N3O2S. The highest BCUT2D eigenvalue weighted by molar-refractivity contribution is 7.08. The first kappa shape index (κ1) is 17.6. The molecule has 3 aliphatic rings. The van der Waals surface area contributed by atoms with E-state index in [1.807, 2.05) is 17.0 Å². The molecule has 0 aromatic carbocycles. The molecule has 2 aromatic rings. The molecule has 144 valence electrons. The second-order valence-electron chi connectivity index (χ2n) is 7.88. The first-order chi connectivity index (χ1) is 13.7. The van der Waals surface area contributed by atoms with Gasteiger partial charge in [-0.3, -0.25) is 4.79 Å². The third-order valence-electron chi connectivity index (χ3n) is 5.99. The number of amides is 1. The van der Waals surface area contributed by atoms with Crippen molar-refractivity contribution in [3.8, 4) is 0 Å². The molecule has 6 heteroatoms. The Hall–Kier alpha value is -2.44. The minimum Gasteiger partial charge on any atom is -0.374 e. The molecule has 0 spiro atoms. The Balaban J connectivity index is 1.23. The molecule has 5 nitrogen and oxygen atoms in total. The van der Waals surface area contributed by atoms with Crippen molar-refractivity contribution >= 4 is 34.7 Å². The van der Waals surface area contributed by atoms with E-state index in [1.165, 1.54) is 11.1 Å². The number of fused-ring (bicyclic) bond motifs is 2. The minimum atomic E-state index is -0.521. The molecule has 3 unspecified atom stereocenters. The van der Waals surface area contributed by atoms with E-state index in [2.05, 4.69) is 33.2 Å². The Kier molecular flexibility index (Phi) is 4.53. The number of nitrogens with zero attached hydrogens (tertiary/aromatic N) is 2. The zero-order valence-electron chi connectivity index (χ0n) is 15.5. The van der Waals surface area contributed by atoms with Crippen molar-refractivity contribution in [3.05, 3.63) is 57.9 Å². The summed E-state index contributed by atoms with van der Waals surface area (Å²) in [5, 5.41) is 16.9. The quantitative estimate of drug-likeness (QED) is 0.785. The van der Waals surface area contributed by atoms with Gasteiger partial charge in [-0.15, -0.1) is 0 Å². The van der Waals surface area contributed by atoms with Crippen molar-refractivity contribution in [1.82, 2.24) is 9.88 Å². The van der Waals surface area contributed by atoms with Crippen LogP contribution in [0.25, 0.3) is 11.6 Å². The van der Waals surface area contributed by atoms with Crippen LogP contribution in [0.2, 0.25) is 0 Å². The molecule has 1 fully saturated rings. The van der Waals surface area contributed by atoms with Crippen LogP contribution in [-0.4, -0.2) is 40.2 Å². The van der Waals surface area contributed by atoms with Crippen LogP contribution < -0.4 is 5.32 Å². The topological polar surface area (TPSA) is 65.5 Å². The van der Waals surface area contributed by atoms with Crippen molar-refractivity contribution in [1.29, 1.82) is 0 Å². The van der Waals surface area contributed by atoms with Gasteiger partial charge in [0.2, 0.25) is 5.91 Å². The summed E-state index contributed by atoms with van der Waals surface area (Å²) in [6.45, 7) is 1.65. The number of likely N-dealkylation sites (tertiary alicyclic amines) is 1. The second-order valence-corrected chi connectivity index (χ2v) is 8.66. The third kappa shape index (κ3) is 3.38. The standard InChI is InChI=1S/C22H23N3O2S/c26-20-3-2-15-7-14(10-23-22(15)24-20)1-4-21(27)25-11-18-8-17(9-19(18)12-25)16-5-6-28-13-16/h1,4-8,10,13,18-20,26H,2-3,9,11-12H2,(H,23,24)/b4-1+. The lowest BCUT2D eigenvalue weighted by atomic mass is 9.99. The highest BCUT2D eigenvalue weighted by Crippen LogP contribution is 2.41. The molecule has 5 rings (SSSR count). The van der Waals surface area contributed by atoms with Crippen LogP contribution in [0.5, 0.6) is 0 Å². The average molecular weight is 394 g/mol. The van der Waals surface area contributed by atoms with Crippen LogP contribution in [0.1, 0.15) is 29.5 Å². The van der Waals surface area contributed by atoms with Gasteiger partial charge in [0.1, 0.15) is 12.0 Å². The molecule has 2 aromatic heterocycles. The Morgan fingerprint density at radius 1 is 1.39 bits per heavy atom. The fourth-order valence-electron chi connectivity index (χ4n) is 4.49. The van der Waals surface area contributed by atoms with Gasteiger partial charge in [-0.2, -0.15) is 11.3 Å². The van der Waals surface area contributed by atoms with E-state index in [0.717, 1.165) is 42.9 Å². The van der Waals surface area contributed by atoms with Crippen LogP contribution >= 0.6 is 11.3 Å². The summed E-state index contributed by atoms with van der Waals surface area (Å²) in [4.78, 5) is 19.0. The number of carbonyl (C=O) groups is 1. The maximum atomic E-state index is 12.6. The normalized spacial score (nSPS) is 26.1. The van der Waals surface area contributed by atoms with Crippen LogP contribution in [-0.2, 0) is 11.2 Å². The van der Waals surface area contributed by atoms with Gasteiger partial charge in [0.05, 0.1) is 0 Å². The van der Waals surface area contributed by atoms with Crippen LogP contribution in [0.3, 0.4) is 0 Å². The molecule has 0 saturated carbocycles. The Bertz CT molecular complexity index is 951. The zero-order chi connectivity index (χ0) is 19.1. The molecule has 3 atom stereocenters. The van der Waals surface area contributed by atoms with Gasteiger partial charge in [0, 0.05) is 25.4 Å². The first-order valence-electron chi connectivity index (χ1n) is 9.79. The summed E-state index contributed by atoms with van der Waals surface area (Å²) in [6.07, 6.45) is 9.65. The summed E-state index contributed by atoms with van der Waals surface area (Å²) in [6, 6.07) is 4.23. The maximum Gasteiger partial charge on any atom is 0.246 e. The van der Waals surface area contributed by atoms with Crippen molar-refractivity contribution in [3.63, 3.8) is 0 Å². The first-order valence-corrected chi connectivity index (χ1v) is 10.7. The molecule has 1 saturated heterocycles. The molecule has 28 heavy (non-hydrogen) atoms. The van der Waals surface area contributed by atoms with E-state index in [-0.39, 0.29) is 5.91 Å². The largest absolute Gasteiger partial charge is 0.374 e. The van der Waals surface area contributed by atoms with E-state index in [0.29, 0.717) is 18.3 Å². The minimum absolute atomic E-state index is 0.0751. The van der Waals surface area contributed by atoms with E-state index in [9.17, 15) is 9.90 Å². The smallest absolute Gasteiger partial charge is 0.246 e. The Morgan fingerprint density at radius 3 is 3.14 bits per heavy atom. The lowest BCUT2D eigenvalue weighted by Crippen LogP contribution is -2.27. The van der Waals surface area contributed by atoms with Gasteiger partial charge < -0.3 is 15.3 Å². The highest BCUT2D eigenvalue weighted by Gasteiger charge is 2.37. The summed E-state index contributed by atoms with van der Waals surface area (Å²) in [5.41, 5.74) is 4.79. The second kappa shape index (κ2) is 7.18. The molecule has 1 aliphatic carbocycles. The van der Waals surface area contributed by atoms with E-state index in [4.69, 9.17) is 0 Å². The predicted molar refractivity (Wildman–Crippen MR) is 112 cm³/mol. The van der Waals surface area contributed by atoms with E-state index < -0.39 is 6.23 Å². The fourth-order valence-corrected chi connectivity index (χ4v) is 5.17. The maximum absolute atomic E-state index is 12.6. The number of allylic oxidation sites excluding steroid dienone is 1. The number of pyridine rings is 1. The summed E-state index contributed by atoms with van der Waals surface area (Å²) in [5.74, 6) is 1.85. The molecule has 2 aliphatic heterocycles. The Morgan fingerprint density at radius 2 is 2.32 bits per heavy atom. The summed E-state index contributed by atoms with van der Waals surface area (Å²) < 4.78 is 0. The van der Waals surface area contributed by atoms with Gasteiger partial charge in [-0.25, -0.2) is 4.98 Å². The molecule has 4 heterocycles. The van der Waals surface area contributed by atoms with Gasteiger partial charge in [0.15, 0.2) is 0 Å². The number of nitrogens with one attached hydrogen (secondary N) is 1. The molecule has 1 amide bonds. The number of aliphatic hydroxyl groups excluding tert-OH is 1. The van der Waals surface area contributed by atoms with Crippen LogP contribution in [0.15, 0.2) is 41.2 Å². The summed E-state index contributed by atoms with van der Waals surface area (Å²) in [7, 11) is 0. The number of hydrogen-bond donors (Lipinski definition) is 2. The monoisotopic (exact) mass is 393 g/mol. The molecular weight excluding hydrogens is 370 g/mol. The molecule has 2 N–H and O–H groups in total. The Labute approximate surface area is 168 Å². The SMILES string of the molecule is O=C(/C=C/c1cnc2c(c1)CCC(O)N2)N1CC2C=C(c3ccsc3)CC2C1. The number of rotatable bonds is 3. The van der Waals surface area contributed by atoms with Gasteiger partial charge >= 0.3 is 0 Å². The average Bonchev–Trinajstić information content (AvgIpc) is 3.41. The van der Waals surface area contributed by atoms with Crippen molar-refractivity contribution in [2.45, 2.75) is 25.5 Å². The lowest BCUT2D eigenvalue weighted by molar-refractivity contribution is -0.125. The fraction of sp³-hybridized carbons (Fsp3) is 0.364. The number of anilines is 1. The molecule has 0 radical (unpaired) electrons. The number of aryl methyl sites for hydroxylation is 1. The third-order valence-corrected chi connectivity index (χ3v) is 6.67. The lowest BCUT2D eigenvalue weighted by Gasteiger charge is -2.22. The zero-order valence-corrected chi connectivity index (χ0v) is 16.4. The summed E-state index contributed by atoms with van der Waals surface area (Å²) >= 11 is 1.74. The van der Waals surface area contributed by atoms with E-state index >= 15 is 0 Å². The van der Waals surface area contributed by atoms with Crippen LogP contribution in [0, 0.1) is 11.8 Å². The number of carbonyl (C=O) groups excluding carboxylic acids is 1. The van der Waals surface area contributed by atoms with Gasteiger partial charge in [-0.05, 0) is 82.3 Å². The van der Waals surface area contributed by atoms with Crippen molar-refractivity contribution < 1.29 is 9.90 Å². The van der Waals surface area contributed by atoms with Gasteiger partial charge in [-0.1, -0.05) is 6.08 Å². The number of aromatic nitrogens is 1. The van der Waals surface area contributed by atoms with E-state index in [1.54, 1.807) is 23.6 Å². The number of thiophene rings is 1. The number of aliphatic hydroxyl groups is 1. The highest BCUT2D eigenvalue weighted by atomic mass is 32.1. The van der Waals surface area contributed by atoms with Crippen LogP contribution in [0.4, 0.5) is 5.82 Å². The van der Waals surface area contributed by atoms with Crippen molar-refractivity contribution in [2.75, 3.05) is 18.4 Å². The van der Waals surface area contributed by atoms with Crippen molar-refractivity contribution in [2.24, 2.45) is 11.8 Å². The number of hydrogen-bond acceptors (Lipinski definition) is 5. The molecule has 0 bridgehead atoms. The predicted octanol–water partition coefficient (Wildman–Crippen LogP) is 3.39. The van der Waals surface area contributed by atoms with Gasteiger partial charge in [0.25, 0.3) is 0 Å².